The Balaban J connectivity index is 2.28. The molecule has 1 heterocycles. The van der Waals surface area contributed by atoms with Gasteiger partial charge in [0.25, 0.3) is 0 Å². The number of ether oxygens (including phenoxy) is 1. The van der Waals surface area contributed by atoms with Crippen molar-refractivity contribution >= 4 is 17.4 Å². The second-order valence-corrected chi connectivity index (χ2v) is 5.47. The zero-order chi connectivity index (χ0) is 13.0. The molecule has 1 aromatic rings. The summed E-state index contributed by atoms with van der Waals surface area (Å²) in [5.41, 5.74) is 1.19. The van der Waals surface area contributed by atoms with Gasteiger partial charge in [0.05, 0.1) is 6.61 Å². The van der Waals surface area contributed by atoms with Gasteiger partial charge in [-0.25, -0.2) is 4.79 Å². The van der Waals surface area contributed by atoms with E-state index in [0.29, 0.717) is 12.6 Å². The lowest BCUT2D eigenvalue weighted by atomic mass is 9.95. The van der Waals surface area contributed by atoms with Crippen molar-refractivity contribution in [2.75, 3.05) is 6.61 Å². The molecule has 0 radical (unpaired) electrons. The fourth-order valence-corrected chi connectivity index (χ4v) is 3.42. The molecular weight excluding hydrogens is 248 g/mol. The number of hydrogen-bond donors (Lipinski definition) is 0. The van der Waals surface area contributed by atoms with E-state index in [1.807, 2.05) is 0 Å². The molecule has 0 atom stereocenters. The van der Waals surface area contributed by atoms with Gasteiger partial charge in [0.1, 0.15) is 0 Å². The van der Waals surface area contributed by atoms with Gasteiger partial charge in [-0.15, -0.1) is 16.3 Å². The van der Waals surface area contributed by atoms with Gasteiger partial charge in [-0.2, -0.15) is 0 Å². The maximum absolute atomic E-state index is 11.5. The van der Waals surface area contributed by atoms with E-state index in [9.17, 15) is 4.79 Å². The van der Waals surface area contributed by atoms with Crippen LogP contribution in [0.1, 0.15) is 50.8 Å². The predicted octanol–water partition coefficient (Wildman–Crippen LogP) is 3.42. The summed E-state index contributed by atoms with van der Waals surface area (Å²) in [6.45, 7) is 4.24. The molecule has 2 rings (SSSR count). The fourth-order valence-electron chi connectivity index (χ4n) is 2.50. The molecule has 1 aliphatic rings. The normalized spacial score (nSPS) is 18.0. The van der Waals surface area contributed by atoms with Crippen LogP contribution in [0.2, 0.25) is 0 Å². The highest BCUT2D eigenvalue weighted by molar-refractivity contribution is 7.07. The molecule has 1 aliphatic carbocycles. The van der Waals surface area contributed by atoms with Crippen LogP contribution in [0.4, 0.5) is 4.79 Å². The minimum absolute atomic E-state index is 0.371. The van der Waals surface area contributed by atoms with Gasteiger partial charge in [0.15, 0.2) is 4.80 Å². The molecule has 1 amide bonds. The first-order valence-electron chi connectivity index (χ1n) is 6.60. The van der Waals surface area contributed by atoms with Crippen molar-refractivity contribution in [1.29, 1.82) is 0 Å². The van der Waals surface area contributed by atoms with Gasteiger partial charge >= 0.3 is 6.09 Å². The van der Waals surface area contributed by atoms with Crippen LogP contribution in [-0.4, -0.2) is 17.3 Å². The monoisotopic (exact) mass is 268 g/mol. The smallest absolute Gasteiger partial charge is 0.436 e. The van der Waals surface area contributed by atoms with Crippen molar-refractivity contribution in [2.24, 2.45) is 4.99 Å². The third kappa shape index (κ3) is 3.02. The number of aromatic nitrogens is 1. The number of hydrogen-bond acceptors (Lipinski definition) is 3. The summed E-state index contributed by atoms with van der Waals surface area (Å²) in [7, 11) is 0. The quantitative estimate of drug-likeness (QED) is 0.825. The van der Waals surface area contributed by atoms with Crippen LogP contribution in [0, 0.1) is 6.92 Å². The second-order valence-electron chi connectivity index (χ2n) is 4.63. The van der Waals surface area contributed by atoms with E-state index < -0.39 is 6.09 Å². The molecule has 0 N–H and O–H groups in total. The number of carbonyl (C=O) groups excluding carboxylic acids is 1. The van der Waals surface area contributed by atoms with E-state index in [0.717, 1.165) is 4.80 Å². The van der Waals surface area contributed by atoms with Crippen LogP contribution in [-0.2, 0) is 4.74 Å². The van der Waals surface area contributed by atoms with Gasteiger partial charge in [0.2, 0.25) is 0 Å². The number of rotatable bonds is 2. The molecule has 5 heteroatoms. The number of nitrogens with zero attached hydrogens (tertiary/aromatic N) is 2. The topological polar surface area (TPSA) is 43.6 Å². The van der Waals surface area contributed by atoms with Crippen molar-refractivity contribution in [3.8, 4) is 0 Å². The van der Waals surface area contributed by atoms with Gasteiger partial charge in [-0.05, 0) is 26.7 Å². The second kappa shape index (κ2) is 6.18. The number of thiazole rings is 1. The molecule has 0 bridgehead atoms. The van der Waals surface area contributed by atoms with Crippen molar-refractivity contribution in [3.05, 3.63) is 15.9 Å². The number of amides is 1. The summed E-state index contributed by atoms with van der Waals surface area (Å²) < 4.78 is 7.09. The molecular formula is C13H20N2O2S. The van der Waals surface area contributed by atoms with E-state index in [2.05, 4.69) is 21.9 Å². The molecule has 0 unspecified atom stereocenters. The molecule has 0 aliphatic heterocycles. The van der Waals surface area contributed by atoms with E-state index in [1.165, 1.54) is 49.1 Å². The van der Waals surface area contributed by atoms with Crippen molar-refractivity contribution in [1.82, 2.24) is 4.57 Å². The summed E-state index contributed by atoms with van der Waals surface area (Å²) in [6.07, 6.45) is 5.76. The Kier molecular flexibility index (Phi) is 4.58. The first kappa shape index (κ1) is 13.3. The van der Waals surface area contributed by atoms with E-state index in [-0.39, 0.29) is 0 Å². The standard InChI is InChI=1S/C13H20N2O2S/c1-3-17-13(16)14-12-15(10(2)9-18-12)11-7-5-4-6-8-11/h9,11H,3-8H2,1-2H3. The molecule has 100 valence electrons. The van der Waals surface area contributed by atoms with Gasteiger partial charge in [0, 0.05) is 17.1 Å². The van der Waals surface area contributed by atoms with Gasteiger partial charge in [-0.3, -0.25) is 0 Å². The largest absolute Gasteiger partial charge is 0.448 e. The Labute approximate surface area is 111 Å². The summed E-state index contributed by atoms with van der Waals surface area (Å²) in [6, 6.07) is 0.498. The summed E-state index contributed by atoms with van der Waals surface area (Å²) in [5, 5.41) is 2.06. The summed E-state index contributed by atoms with van der Waals surface area (Å²) in [5.74, 6) is 0. The van der Waals surface area contributed by atoms with E-state index >= 15 is 0 Å². The van der Waals surface area contributed by atoms with Gasteiger partial charge < -0.3 is 9.30 Å². The summed E-state index contributed by atoms with van der Waals surface area (Å²) >= 11 is 1.52. The lowest BCUT2D eigenvalue weighted by molar-refractivity contribution is 0.162. The van der Waals surface area contributed by atoms with Crippen LogP contribution in [0.25, 0.3) is 0 Å². The Bertz CT molecular complexity index is 470. The highest BCUT2D eigenvalue weighted by Crippen LogP contribution is 2.28. The highest BCUT2D eigenvalue weighted by Gasteiger charge is 2.18. The molecule has 1 aromatic heterocycles. The summed E-state index contributed by atoms with van der Waals surface area (Å²) in [4.78, 5) is 16.3. The van der Waals surface area contributed by atoms with E-state index in [1.54, 1.807) is 6.92 Å². The van der Waals surface area contributed by atoms with Gasteiger partial charge in [-0.1, -0.05) is 19.3 Å². The Morgan fingerprint density at radius 2 is 2.22 bits per heavy atom. The van der Waals surface area contributed by atoms with Crippen LogP contribution in [0.5, 0.6) is 0 Å². The predicted molar refractivity (Wildman–Crippen MR) is 71.8 cm³/mol. The molecule has 4 nitrogen and oxygen atoms in total. The minimum Gasteiger partial charge on any atom is -0.448 e. The number of carbonyl (C=O) groups is 1. The third-order valence-corrected chi connectivity index (χ3v) is 4.27. The fraction of sp³-hybridized carbons (Fsp3) is 0.692. The maximum atomic E-state index is 11.5. The molecule has 0 spiro atoms. The Morgan fingerprint density at radius 1 is 1.50 bits per heavy atom. The van der Waals surface area contributed by atoms with Crippen LogP contribution >= 0.6 is 11.3 Å². The molecule has 1 saturated carbocycles. The van der Waals surface area contributed by atoms with Crippen molar-refractivity contribution < 1.29 is 9.53 Å². The minimum atomic E-state index is -0.482. The maximum Gasteiger partial charge on any atom is 0.436 e. The highest BCUT2D eigenvalue weighted by atomic mass is 32.1. The first-order chi connectivity index (χ1) is 8.72. The van der Waals surface area contributed by atoms with E-state index in [4.69, 9.17) is 4.74 Å². The molecule has 1 fully saturated rings. The average Bonchev–Trinajstić information content (AvgIpc) is 2.72. The Morgan fingerprint density at radius 3 is 2.89 bits per heavy atom. The van der Waals surface area contributed by atoms with Crippen LogP contribution in [0.15, 0.2) is 10.4 Å². The van der Waals surface area contributed by atoms with Crippen molar-refractivity contribution in [3.63, 3.8) is 0 Å². The third-order valence-electron chi connectivity index (χ3n) is 3.32. The SMILES string of the molecule is CCOC(=O)N=c1scc(C)n1C1CCCCC1. The van der Waals surface area contributed by atoms with Crippen LogP contribution < -0.4 is 4.80 Å². The number of aryl methyl sites for hydroxylation is 1. The molecule has 18 heavy (non-hydrogen) atoms. The van der Waals surface area contributed by atoms with Crippen molar-refractivity contribution in [2.45, 2.75) is 52.0 Å². The average molecular weight is 268 g/mol. The molecule has 0 aromatic carbocycles. The lowest BCUT2D eigenvalue weighted by Gasteiger charge is -2.24. The zero-order valence-corrected chi connectivity index (χ0v) is 11.8. The Hall–Kier alpha value is -1.10. The zero-order valence-electron chi connectivity index (χ0n) is 11.0. The first-order valence-corrected chi connectivity index (χ1v) is 7.48. The van der Waals surface area contributed by atoms with Crippen LogP contribution in [0.3, 0.4) is 0 Å². The molecule has 0 saturated heterocycles. The lowest BCUT2D eigenvalue weighted by Crippen LogP contribution is -2.25.